The molecule has 0 bridgehead atoms. The monoisotopic (exact) mass is 354 g/mol. The van der Waals surface area contributed by atoms with Crippen LogP contribution in [-0.4, -0.2) is 41.8 Å². The largest absolute Gasteiger partial charge is 0.444 e. The Kier molecular flexibility index (Phi) is 5.28. The number of carbonyl (C=O) groups is 1. The first-order valence-corrected chi connectivity index (χ1v) is 8.93. The van der Waals surface area contributed by atoms with E-state index in [-0.39, 0.29) is 12.2 Å². The SMILES string of the molecule is CN(CC1OCCc2cccc(-c3cccnc3)c21)C(=O)OC(C)(C)C. The molecule has 0 spiro atoms. The molecule has 3 rings (SSSR count). The standard InChI is InChI=1S/C21H26N2O3/c1-21(2,3)26-20(24)23(4)14-18-19-15(10-12-25-18)7-5-9-17(19)16-8-6-11-22-13-16/h5-9,11,13,18H,10,12,14H2,1-4H3. The first kappa shape index (κ1) is 18.4. The summed E-state index contributed by atoms with van der Waals surface area (Å²) in [6.07, 6.45) is 3.97. The van der Waals surface area contributed by atoms with Crippen molar-refractivity contribution in [1.82, 2.24) is 9.88 Å². The van der Waals surface area contributed by atoms with E-state index in [1.54, 1.807) is 18.1 Å². The van der Waals surface area contributed by atoms with Crippen LogP contribution < -0.4 is 0 Å². The number of hydrogen-bond donors (Lipinski definition) is 0. The Morgan fingerprint density at radius 1 is 1.31 bits per heavy atom. The van der Waals surface area contributed by atoms with Crippen LogP contribution in [0.2, 0.25) is 0 Å². The van der Waals surface area contributed by atoms with Crippen molar-refractivity contribution in [2.75, 3.05) is 20.2 Å². The van der Waals surface area contributed by atoms with Crippen molar-refractivity contribution in [2.24, 2.45) is 0 Å². The maximum absolute atomic E-state index is 12.3. The topological polar surface area (TPSA) is 51.7 Å². The molecule has 26 heavy (non-hydrogen) atoms. The fraction of sp³-hybridized carbons (Fsp3) is 0.429. The average Bonchev–Trinajstić information content (AvgIpc) is 2.60. The number of rotatable bonds is 3. The molecule has 1 aromatic heterocycles. The molecule has 2 heterocycles. The van der Waals surface area contributed by atoms with Crippen LogP contribution in [0.15, 0.2) is 42.7 Å². The fourth-order valence-corrected chi connectivity index (χ4v) is 3.19. The lowest BCUT2D eigenvalue weighted by Gasteiger charge is -2.32. The second-order valence-corrected chi connectivity index (χ2v) is 7.59. The quantitative estimate of drug-likeness (QED) is 0.828. The van der Waals surface area contributed by atoms with Gasteiger partial charge in [-0.25, -0.2) is 4.79 Å². The number of nitrogens with zero attached hydrogens (tertiary/aromatic N) is 2. The van der Waals surface area contributed by atoms with Crippen LogP contribution in [-0.2, 0) is 15.9 Å². The van der Waals surface area contributed by atoms with E-state index >= 15 is 0 Å². The van der Waals surface area contributed by atoms with Crippen molar-refractivity contribution in [3.05, 3.63) is 53.9 Å². The molecule has 1 aliphatic heterocycles. The second-order valence-electron chi connectivity index (χ2n) is 7.59. The van der Waals surface area contributed by atoms with Crippen molar-refractivity contribution in [2.45, 2.75) is 38.9 Å². The van der Waals surface area contributed by atoms with Crippen LogP contribution >= 0.6 is 0 Å². The second kappa shape index (κ2) is 7.46. The molecule has 0 saturated carbocycles. The molecule has 5 nitrogen and oxygen atoms in total. The molecule has 1 amide bonds. The third-order valence-electron chi connectivity index (χ3n) is 4.33. The summed E-state index contributed by atoms with van der Waals surface area (Å²) in [6, 6.07) is 10.3. The number of benzene rings is 1. The van der Waals surface area contributed by atoms with Crippen LogP contribution in [0.1, 0.15) is 38.0 Å². The third kappa shape index (κ3) is 4.22. The Hall–Kier alpha value is -2.40. The minimum atomic E-state index is -0.516. The van der Waals surface area contributed by atoms with Crippen LogP contribution in [0.25, 0.3) is 11.1 Å². The van der Waals surface area contributed by atoms with E-state index in [9.17, 15) is 4.79 Å². The van der Waals surface area contributed by atoms with Gasteiger partial charge < -0.3 is 14.4 Å². The van der Waals surface area contributed by atoms with Gasteiger partial charge in [0.15, 0.2) is 0 Å². The van der Waals surface area contributed by atoms with Gasteiger partial charge in [0.05, 0.1) is 13.2 Å². The summed E-state index contributed by atoms with van der Waals surface area (Å²) in [4.78, 5) is 18.2. The summed E-state index contributed by atoms with van der Waals surface area (Å²) in [5.74, 6) is 0. The molecule has 138 valence electrons. The van der Waals surface area contributed by atoms with Crippen molar-refractivity contribution in [3.63, 3.8) is 0 Å². The smallest absolute Gasteiger partial charge is 0.410 e. The van der Waals surface area contributed by atoms with Crippen molar-refractivity contribution < 1.29 is 14.3 Å². The van der Waals surface area contributed by atoms with Gasteiger partial charge in [-0.3, -0.25) is 4.98 Å². The van der Waals surface area contributed by atoms with Gasteiger partial charge in [-0.15, -0.1) is 0 Å². The first-order valence-electron chi connectivity index (χ1n) is 8.93. The van der Waals surface area contributed by atoms with Gasteiger partial charge in [0.25, 0.3) is 0 Å². The van der Waals surface area contributed by atoms with E-state index in [2.05, 4.69) is 23.2 Å². The number of amides is 1. The molecule has 0 N–H and O–H groups in total. The summed E-state index contributed by atoms with van der Waals surface area (Å²) in [6.45, 7) is 6.69. The zero-order valence-corrected chi connectivity index (χ0v) is 15.9. The fourth-order valence-electron chi connectivity index (χ4n) is 3.19. The van der Waals surface area contributed by atoms with E-state index in [0.29, 0.717) is 13.2 Å². The minimum Gasteiger partial charge on any atom is -0.444 e. The van der Waals surface area contributed by atoms with E-state index in [4.69, 9.17) is 9.47 Å². The molecule has 0 saturated heterocycles. The number of hydrogen-bond acceptors (Lipinski definition) is 4. The molecule has 5 heteroatoms. The minimum absolute atomic E-state index is 0.187. The van der Waals surface area contributed by atoms with Crippen molar-refractivity contribution in [1.29, 1.82) is 0 Å². The summed E-state index contributed by atoms with van der Waals surface area (Å²) < 4.78 is 11.5. The molecular formula is C21H26N2O3. The Labute approximate surface area is 155 Å². The van der Waals surface area contributed by atoms with Gasteiger partial charge in [0.2, 0.25) is 0 Å². The average molecular weight is 354 g/mol. The highest BCUT2D eigenvalue weighted by Gasteiger charge is 2.28. The number of fused-ring (bicyclic) bond motifs is 1. The Morgan fingerprint density at radius 3 is 2.81 bits per heavy atom. The predicted octanol–water partition coefficient (Wildman–Crippen LogP) is 4.23. The van der Waals surface area contributed by atoms with Gasteiger partial charge in [-0.05, 0) is 49.9 Å². The van der Waals surface area contributed by atoms with Crippen LogP contribution in [0.3, 0.4) is 0 Å². The van der Waals surface area contributed by atoms with E-state index in [1.165, 1.54) is 5.56 Å². The highest BCUT2D eigenvalue weighted by molar-refractivity contribution is 5.70. The normalized spacial score (nSPS) is 16.7. The number of likely N-dealkylation sites (N-methyl/N-ethyl adjacent to an activating group) is 1. The maximum Gasteiger partial charge on any atom is 0.410 e. The summed E-state index contributed by atoms with van der Waals surface area (Å²) >= 11 is 0. The Bertz CT molecular complexity index is 769. The maximum atomic E-state index is 12.3. The molecule has 0 aliphatic carbocycles. The van der Waals surface area contributed by atoms with Gasteiger partial charge in [-0.2, -0.15) is 0 Å². The summed E-state index contributed by atoms with van der Waals surface area (Å²) in [5.41, 5.74) is 4.05. The highest BCUT2D eigenvalue weighted by Crippen LogP contribution is 2.36. The van der Waals surface area contributed by atoms with E-state index < -0.39 is 5.60 Å². The molecule has 1 unspecified atom stereocenters. The predicted molar refractivity (Wildman–Crippen MR) is 101 cm³/mol. The first-order chi connectivity index (χ1) is 12.3. The molecule has 1 atom stereocenters. The van der Waals surface area contributed by atoms with Gasteiger partial charge in [0, 0.05) is 25.0 Å². The highest BCUT2D eigenvalue weighted by atomic mass is 16.6. The van der Waals surface area contributed by atoms with Crippen LogP contribution in [0.5, 0.6) is 0 Å². The lowest BCUT2D eigenvalue weighted by atomic mass is 9.89. The molecule has 1 aliphatic rings. The number of ether oxygens (including phenoxy) is 2. The third-order valence-corrected chi connectivity index (χ3v) is 4.33. The lowest BCUT2D eigenvalue weighted by molar-refractivity contribution is -0.00144. The molecular weight excluding hydrogens is 328 g/mol. The zero-order valence-electron chi connectivity index (χ0n) is 15.9. The van der Waals surface area contributed by atoms with Crippen LogP contribution in [0, 0.1) is 0 Å². The van der Waals surface area contributed by atoms with Crippen molar-refractivity contribution >= 4 is 6.09 Å². The molecule has 1 aromatic carbocycles. The number of carbonyl (C=O) groups excluding carboxylic acids is 1. The van der Waals surface area contributed by atoms with E-state index in [0.717, 1.165) is 23.1 Å². The van der Waals surface area contributed by atoms with Gasteiger partial charge in [0.1, 0.15) is 11.7 Å². The summed E-state index contributed by atoms with van der Waals surface area (Å²) in [5, 5.41) is 0. The number of aromatic nitrogens is 1. The lowest BCUT2D eigenvalue weighted by Crippen LogP contribution is -2.38. The Balaban J connectivity index is 1.88. The molecule has 0 radical (unpaired) electrons. The number of pyridine rings is 1. The van der Waals surface area contributed by atoms with Gasteiger partial charge >= 0.3 is 6.09 Å². The molecule has 0 fully saturated rings. The van der Waals surface area contributed by atoms with Gasteiger partial charge in [-0.1, -0.05) is 24.3 Å². The van der Waals surface area contributed by atoms with E-state index in [1.807, 2.05) is 39.1 Å². The molecule has 2 aromatic rings. The summed E-state index contributed by atoms with van der Waals surface area (Å²) in [7, 11) is 1.75. The zero-order chi connectivity index (χ0) is 18.7. The van der Waals surface area contributed by atoms with Crippen LogP contribution in [0.4, 0.5) is 4.79 Å². The van der Waals surface area contributed by atoms with Crippen molar-refractivity contribution in [3.8, 4) is 11.1 Å². The Morgan fingerprint density at radius 2 is 2.12 bits per heavy atom.